The maximum atomic E-state index is 9.98. The van der Waals surface area contributed by atoms with Gasteiger partial charge in [0.2, 0.25) is 0 Å². The van der Waals surface area contributed by atoms with Gasteiger partial charge in [0, 0.05) is 0 Å². The molecule has 0 spiro atoms. The van der Waals surface area contributed by atoms with Gasteiger partial charge in [-0.3, -0.25) is 0 Å². The number of rotatable bonds is 3. The SMILES string of the molecule is O[C@H](CC1CCCC1)c1ccccc1. The number of hydrogen-bond donors (Lipinski definition) is 1. The minimum atomic E-state index is -0.251. The minimum Gasteiger partial charge on any atom is -0.388 e. The van der Waals surface area contributed by atoms with Gasteiger partial charge in [-0.05, 0) is 17.9 Å². The van der Waals surface area contributed by atoms with Gasteiger partial charge in [0.15, 0.2) is 0 Å². The van der Waals surface area contributed by atoms with Crippen molar-refractivity contribution in [3.05, 3.63) is 35.9 Å². The van der Waals surface area contributed by atoms with Crippen molar-refractivity contribution >= 4 is 0 Å². The first-order chi connectivity index (χ1) is 6.86. The summed E-state index contributed by atoms with van der Waals surface area (Å²) < 4.78 is 0. The van der Waals surface area contributed by atoms with E-state index in [1.165, 1.54) is 25.7 Å². The summed E-state index contributed by atoms with van der Waals surface area (Å²) in [4.78, 5) is 0. The summed E-state index contributed by atoms with van der Waals surface area (Å²) in [5, 5.41) is 9.98. The van der Waals surface area contributed by atoms with E-state index in [2.05, 4.69) is 0 Å². The van der Waals surface area contributed by atoms with Crippen LogP contribution in [0.1, 0.15) is 43.8 Å². The molecule has 1 aliphatic carbocycles. The van der Waals surface area contributed by atoms with Gasteiger partial charge in [0.1, 0.15) is 0 Å². The normalized spacial score (nSPS) is 19.8. The molecule has 1 fully saturated rings. The lowest BCUT2D eigenvalue weighted by Crippen LogP contribution is -2.03. The second-order valence-corrected chi connectivity index (χ2v) is 4.31. The van der Waals surface area contributed by atoms with Gasteiger partial charge < -0.3 is 5.11 Å². The Morgan fingerprint density at radius 3 is 2.43 bits per heavy atom. The molecule has 0 aromatic heterocycles. The summed E-state index contributed by atoms with van der Waals surface area (Å²) in [5.41, 5.74) is 1.07. The fraction of sp³-hybridized carbons (Fsp3) is 0.538. The molecule has 1 aromatic carbocycles. The molecule has 0 bridgehead atoms. The third kappa shape index (κ3) is 2.36. The van der Waals surface area contributed by atoms with Crippen molar-refractivity contribution in [2.24, 2.45) is 5.92 Å². The van der Waals surface area contributed by atoms with Gasteiger partial charge in [-0.2, -0.15) is 0 Å². The van der Waals surface area contributed by atoms with E-state index in [4.69, 9.17) is 0 Å². The summed E-state index contributed by atoms with van der Waals surface area (Å²) in [6.07, 6.45) is 6.02. The number of benzene rings is 1. The molecule has 1 N–H and O–H groups in total. The van der Waals surface area contributed by atoms with Gasteiger partial charge in [-0.15, -0.1) is 0 Å². The molecule has 1 aliphatic rings. The van der Waals surface area contributed by atoms with Gasteiger partial charge >= 0.3 is 0 Å². The van der Waals surface area contributed by atoms with Crippen LogP contribution in [0.25, 0.3) is 0 Å². The maximum Gasteiger partial charge on any atom is 0.0792 e. The Balaban J connectivity index is 1.92. The third-order valence-corrected chi connectivity index (χ3v) is 3.22. The average Bonchev–Trinajstić information content (AvgIpc) is 2.72. The molecule has 0 amide bonds. The molecular formula is C13H18O. The molecule has 76 valence electrons. The van der Waals surface area contributed by atoms with Crippen molar-refractivity contribution in [2.45, 2.75) is 38.2 Å². The lowest BCUT2D eigenvalue weighted by atomic mass is 9.96. The molecule has 1 nitrogen and oxygen atoms in total. The van der Waals surface area contributed by atoms with Crippen LogP contribution in [0.5, 0.6) is 0 Å². The molecule has 1 heteroatoms. The minimum absolute atomic E-state index is 0.251. The highest BCUT2D eigenvalue weighted by atomic mass is 16.3. The zero-order valence-corrected chi connectivity index (χ0v) is 8.52. The van der Waals surface area contributed by atoms with E-state index < -0.39 is 0 Å². The highest BCUT2D eigenvalue weighted by Crippen LogP contribution is 2.32. The third-order valence-electron chi connectivity index (χ3n) is 3.22. The van der Waals surface area contributed by atoms with Crippen molar-refractivity contribution < 1.29 is 5.11 Å². The topological polar surface area (TPSA) is 20.2 Å². The first-order valence-corrected chi connectivity index (χ1v) is 5.59. The standard InChI is InChI=1S/C13H18O/c14-13(10-11-6-4-5-7-11)12-8-2-1-3-9-12/h1-3,8-9,11,13-14H,4-7,10H2/t13-/m1/s1. The molecular weight excluding hydrogens is 172 g/mol. The lowest BCUT2D eigenvalue weighted by molar-refractivity contribution is 0.145. The Morgan fingerprint density at radius 2 is 1.79 bits per heavy atom. The van der Waals surface area contributed by atoms with Gasteiger partial charge in [0.05, 0.1) is 6.10 Å². The lowest BCUT2D eigenvalue weighted by Gasteiger charge is -2.15. The van der Waals surface area contributed by atoms with Gasteiger partial charge in [-0.25, -0.2) is 0 Å². The van der Waals surface area contributed by atoms with E-state index in [-0.39, 0.29) is 6.10 Å². The van der Waals surface area contributed by atoms with Crippen molar-refractivity contribution in [2.75, 3.05) is 0 Å². The molecule has 0 unspecified atom stereocenters. The van der Waals surface area contributed by atoms with Crippen LogP contribution in [-0.4, -0.2) is 5.11 Å². The summed E-state index contributed by atoms with van der Waals surface area (Å²) >= 11 is 0. The Hall–Kier alpha value is -0.820. The van der Waals surface area contributed by atoms with E-state index >= 15 is 0 Å². The van der Waals surface area contributed by atoms with Gasteiger partial charge in [-0.1, -0.05) is 56.0 Å². The summed E-state index contributed by atoms with van der Waals surface area (Å²) in [7, 11) is 0. The fourth-order valence-corrected chi connectivity index (χ4v) is 2.37. The number of aliphatic hydroxyl groups excluding tert-OH is 1. The Kier molecular flexibility index (Phi) is 3.20. The van der Waals surface area contributed by atoms with Crippen molar-refractivity contribution in [1.29, 1.82) is 0 Å². The van der Waals surface area contributed by atoms with Crippen LogP contribution in [-0.2, 0) is 0 Å². The smallest absolute Gasteiger partial charge is 0.0792 e. The van der Waals surface area contributed by atoms with Crippen molar-refractivity contribution in [3.63, 3.8) is 0 Å². The molecule has 1 aromatic rings. The zero-order chi connectivity index (χ0) is 9.80. The first-order valence-electron chi connectivity index (χ1n) is 5.59. The number of aliphatic hydroxyl groups is 1. The monoisotopic (exact) mass is 190 g/mol. The van der Waals surface area contributed by atoms with Crippen LogP contribution in [0.3, 0.4) is 0 Å². The van der Waals surface area contributed by atoms with E-state index in [0.717, 1.165) is 17.9 Å². The van der Waals surface area contributed by atoms with Crippen molar-refractivity contribution in [3.8, 4) is 0 Å². The molecule has 14 heavy (non-hydrogen) atoms. The van der Waals surface area contributed by atoms with Crippen LogP contribution in [0.15, 0.2) is 30.3 Å². The molecule has 2 rings (SSSR count). The second-order valence-electron chi connectivity index (χ2n) is 4.31. The predicted octanol–water partition coefficient (Wildman–Crippen LogP) is 3.30. The Bertz CT molecular complexity index is 262. The summed E-state index contributed by atoms with van der Waals surface area (Å²) in [6.45, 7) is 0. The van der Waals surface area contributed by atoms with E-state index in [0.29, 0.717) is 0 Å². The average molecular weight is 190 g/mol. The van der Waals surface area contributed by atoms with E-state index in [9.17, 15) is 5.11 Å². The van der Waals surface area contributed by atoms with Crippen LogP contribution < -0.4 is 0 Å². The zero-order valence-electron chi connectivity index (χ0n) is 8.52. The predicted molar refractivity (Wildman–Crippen MR) is 58.0 cm³/mol. The maximum absolute atomic E-state index is 9.98. The van der Waals surface area contributed by atoms with Crippen LogP contribution in [0.2, 0.25) is 0 Å². The molecule has 0 aliphatic heterocycles. The van der Waals surface area contributed by atoms with Crippen molar-refractivity contribution in [1.82, 2.24) is 0 Å². The van der Waals surface area contributed by atoms with Gasteiger partial charge in [0.25, 0.3) is 0 Å². The Labute approximate surface area is 85.8 Å². The first kappa shape index (κ1) is 9.72. The fourth-order valence-electron chi connectivity index (χ4n) is 2.37. The highest BCUT2D eigenvalue weighted by molar-refractivity contribution is 5.17. The van der Waals surface area contributed by atoms with E-state index in [1.807, 2.05) is 30.3 Å². The van der Waals surface area contributed by atoms with E-state index in [1.54, 1.807) is 0 Å². The molecule has 0 heterocycles. The summed E-state index contributed by atoms with van der Waals surface area (Å²) in [6, 6.07) is 10.0. The summed E-state index contributed by atoms with van der Waals surface area (Å²) in [5.74, 6) is 0.755. The molecule has 1 atom stereocenters. The quantitative estimate of drug-likeness (QED) is 0.775. The molecule has 1 saturated carbocycles. The largest absolute Gasteiger partial charge is 0.388 e. The second kappa shape index (κ2) is 4.61. The van der Waals surface area contributed by atoms with Crippen LogP contribution in [0, 0.1) is 5.92 Å². The Morgan fingerprint density at radius 1 is 1.14 bits per heavy atom. The molecule has 0 radical (unpaired) electrons. The number of hydrogen-bond acceptors (Lipinski definition) is 1. The molecule has 0 saturated heterocycles. The highest BCUT2D eigenvalue weighted by Gasteiger charge is 2.19. The van der Waals surface area contributed by atoms with Crippen LogP contribution >= 0.6 is 0 Å². The van der Waals surface area contributed by atoms with Crippen LogP contribution in [0.4, 0.5) is 0 Å².